The number of para-hydroxylation sites is 1. The van der Waals surface area contributed by atoms with Crippen molar-refractivity contribution >= 4 is 26.8 Å². The van der Waals surface area contributed by atoms with Crippen LogP contribution in [-0.4, -0.2) is 4.98 Å². The van der Waals surface area contributed by atoms with Crippen LogP contribution in [0.25, 0.3) is 22.0 Å². The molecule has 0 spiro atoms. The Hall–Kier alpha value is -1.54. The zero-order valence-electron chi connectivity index (χ0n) is 8.57. The number of hydrogen-bond donors (Lipinski definition) is 1. The first kappa shape index (κ1) is 9.67. The summed E-state index contributed by atoms with van der Waals surface area (Å²) < 4.78 is 1.04. The number of fused-ring (bicyclic) bond motifs is 1. The molecular weight excluding hydrogens is 262 g/mol. The molecule has 16 heavy (non-hydrogen) atoms. The minimum Gasteiger partial charge on any atom is -0.349 e. The third-order valence-electron chi connectivity index (χ3n) is 2.72. The van der Waals surface area contributed by atoms with Crippen LogP contribution in [0.2, 0.25) is 0 Å². The fourth-order valence-corrected chi connectivity index (χ4v) is 2.65. The quantitative estimate of drug-likeness (QED) is 0.666. The van der Waals surface area contributed by atoms with Crippen molar-refractivity contribution < 1.29 is 0 Å². The van der Waals surface area contributed by atoms with Crippen LogP contribution in [0.1, 0.15) is 0 Å². The lowest BCUT2D eigenvalue weighted by Gasteiger charge is -1.99. The molecule has 0 atom stereocenters. The Balaban J connectivity index is 2.35. The van der Waals surface area contributed by atoms with Crippen LogP contribution < -0.4 is 0 Å². The maximum Gasteiger partial charge on any atom is 0.0910 e. The molecule has 0 saturated carbocycles. The van der Waals surface area contributed by atoms with E-state index in [4.69, 9.17) is 0 Å². The Morgan fingerprint density at radius 2 is 1.50 bits per heavy atom. The van der Waals surface area contributed by atoms with E-state index in [1.54, 1.807) is 0 Å². The fourth-order valence-electron chi connectivity index (χ4n) is 2.00. The highest BCUT2D eigenvalue weighted by Crippen LogP contribution is 2.35. The first-order valence-corrected chi connectivity index (χ1v) is 5.97. The van der Waals surface area contributed by atoms with Gasteiger partial charge in [0.25, 0.3) is 0 Å². The molecule has 1 aromatic heterocycles. The second kappa shape index (κ2) is 3.80. The van der Waals surface area contributed by atoms with E-state index < -0.39 is 0 Å². The summed E-state index contributed by atoms with van der Waals surface area (Å²) in [5, 5.41) is 1.25. The van der Waals surface area contributed by atoms with Crippen molar-refractivity contribution in [1.82, 2.24) is 4.98 Å². The summed E-state index contributed by atoms with van der Waals surface area (Å²) in [4.78, 5) is 3.34. The first-order chi connectivity index (χ1) is 7.86. The molecule has 1 N–H and O–H groups in total. The molecule has 0 bridgehead atoms. The van der Waals surface area contributed by atoms with Gasteiger partial charge in [0.1, 0.15) is 0 Å². The van der Waals surface area contributed by atoms with Gasteiger partial charge >= 0.3 is 0 Å². The minimum absolute atomic E-state index is 1.04. The molecule has 0 aliphatic heterocycles. The standard InChI is InChI=1S/C14H10BrN/c15-14-13(10-6-2-1-3-7-10)11-8-4-5-9-12(11)16-14/h1-9,16H. The smallest absolute Gasteiger partial charge is 0.0910 e. The van der Waals surface area contributed by atoms with Crippen molar-refractivity contribution in [2.24, 2.45) is 0 Å². The highest BCUT2D eigenvalue weighted by molar-refractivity contribution is 9.10. The van der Waals surface area contributed by atoms with Crippen molar-refractivity contribution in [3.8, 4) is 11.1 Å². The van der Waals surface area contributed by atoms with Crippen LogP contribution >= 0.6 is 15.9 Å². The van der Waals surface area contributed by atoms with Gasteiger partial charge < -0.3 is 4.98 Å². The zero-order valence-corrected chi connectivity index (χ0v) is 10.2. The number of aromatic amines is 1. The fraction of sp³-hybridized carbons (Fsp3) is 0. The van der Waals surface area contributed by atoms with E-state index >= 15 is 0 Å². The van der Waals surface area contributed by atoms with Gasteiger partial charge in [-0.2, -0.15) is 0 Å². The molecule has 0 fully saturated rings. The lowest BCUT2D eigenvalue weighted by molar-refractivity contribution is 1.41. The lowest BCUT2D eigenvalue weighted by Crippen LogP contribution is -1.75. The normalized spacial score (nSPS) is 10.8. The molecule has 0 aliphatic carbocycles. The Kier molecular flexibility index (Phi) is 2.29. The van der Waals surface area contributed by atoms with Gasteiger partial charge in [0, 0.05) is 16.5 Å². The van der Waals surface area contributed by atoms with E-state index in [9.17, 15) is 0 Å². The van der Waals surface area contributed by atoms with Crippen molar-refractivity contribution in [2.45, 2.75) is 0 Å². The molecule has 78 valence electrons. The maximum absolute atomic E-state index is 3.59. The van der Waals surface area contributed by atoms with E-state index in [-0.39, 0.29) is 0 Å². The van der Waals surface area contributed by atoms with Gasteiger partial charge in [-0.1, -0.05) is 48.5 Å². The lowest BCUT2D eigenvalue weighted by atomic mass is 10.1. The highest BCUT2D eigenvalue weighted by atomic mass is 79.9. The van der Waals surface area contributed by atoms with Gasteiger partial charge in [-0.05, 0) is 27.6 Å². The van der Waals surface area contributed by atoms with Crippen LogP contribution in [0.3, 0.4) is 0 Å². The third-order valence-corrected chi connectivity index (χ3v) is 3.32. The van der Waals surface area contributed by atoms with E-state index in [0.29, 0.717) is 0 Å². The van der Waals surface area contributed by atoms with E-state index in [2.05, 4.69) is 63.4 Å². The molecule has 0 aliphatic rings. The van der Waals surface area contributed by atoms with Gasteiger partial charge in [0.15, 0.2) is 0 Å². The Morgan fingerprint density at radius 1 is 0.812 bits per heavy atom. The summed E-state index contributed by atoms with van der Waals surface area (Å²) >= 11 is 3.59. The SMILES string of the molecule is Brc1[nH]c2ccccc2c1-c1ccccc1. The number of rotatable bonds is 1. The summed E-state index contributed by atoms with van der Waals surface area (Å²) in [6, 6.07) is 18.7. The molecule has 1 nitrogen and oxygen atoms in total. The Labute approximate surface area is 102 Å². The van der Waals surface area contributed by atoms with Gasteiger partial charge in [0.05, 0.1) is 4.60 Å². The Morgan fingerprint density at radius 3 is 2.31 bits per heavy atom. The predicted octanol–water partition coefficient (Wildman–Crippen LogP) is 4.60. The second-order valence-corrected chi connectivity index (χ2v) is 4.52. The number of benzene rings is 2. The molecule has 0 amide bonds. The van der Waals surface area contributed by atoms with E-state index in [1.807, 2.05) is 12.1 Å². The molecule has 0 saturated heterocycles. The van der Waals surface area contributed by atoms with Gasteiger partial charge in [-0.15, -0.1) is 0 Å². The molecule has 2 aromatic carbocycles. The minimum atomic E-state index is 1.04. The van der Waals surface area contributed by atoms with Crippen LogP contribution in [-0.2, 0) is 0 Å². The summed E-state index contributed by atoms with van der Waals surface area (Å²) in [6.07, 6.45) is 0. The number of aromatic nitrogens is 1. The molecule has 1 heterocycles. The van der Waals surface area contributed by atoms with E-state index in [0.717, 1.165) is 10.1 Å². The predicted molar refractivity (Wildman–Crippen MR) is 71.4 cm³/mol. The first-order valence-electron chi connectivity index (χ1n) is 5.18. The van der Waals surface area contributed by atoms with Gasteiger partial charge in [-0.3, -0.25) is 0 Å². The van der Waals surface area contributed by atoms with Crippen molar-refractivity contribution in [3.05, 3.63) is 59.2 Å². The average molecular weight is 272 g/mol. The van der Waals surface area contributed by atoms with Crippen LogP contribution in [0.4, 0.5) is 0 Å². The number of H-pyrrole nitrogens is 1. The molecule has 0 radical (unpaired) electrons. The largest absolute Gasteiger partial charge is 0.349 e. The van der Waals surface area contributed by atoms with Gasteiger partial charge in [0.2, 0.25) is 0 Å². The number of nitrogens with one attached hydrogen (secondary N) is 1. The maximum atomic E-state index is 3.59. The van der Waals surface area contributed by atoms with Crippen molar-refractivity contribution in [2.75, 3.05) is 0 Å². The summed E-state index contributed by atoms with van der Waals surface area (Å²) in [7, 11) is 0. The molecule has 3 rings (SSSR count). The molecule has 2 heteroatoms. The third kappa shape index (κ3) is 1.46. The van der Waals surface area contributed by atoms with Gasteiger partial charge in [-0.25, -0.2) is 0 Å². The van der Waals surface area contributed by atoms with Crippen LogP contribution in [0.5, 0.6) is 0 Å². The second-order valence-electron chi connectivity index (χ2n) is 3.73. The number of halogens is 1. The van der Waals surface area contributed by atoms with E-state index in [1.165, 1.54) is 16.5 Å². The highest BCUT2D eigenvalue weighted by Gasteiger charge is 2.09. The summed E-state index contributed by atoms with van der Waals surface area (Å²) in [6.45, 7) is 0. The van der Waals surface area contributed by atoms with Crippen LogP contribution in [0, 0.1) is 0 Å². The Bertz CT molecular complexity index is 626. The zero-order chi connectivity index (χ0) is 11.0. The summed E-state index contributed by atoms with van der Waals surface area (Å²) in [5.74, 6) is 0. The average Bonchev–Trinajstić information content (AvgIpc) is 2.66. The van der Waals surface area contributed by atoms with Crippen molar-refractivity contribution in [3.63, 3.8) is 0 Å². The van der Waals surface area contributed by atoms with Crippen LogP contribution in [0.15, 0.2) is 59.2 Å². The molecule has 0 unspecified atom stereocenters. The van der Waals surface area contributed by atoms with Crippen molar-refractivity contribution in [1.29, 1.82) is 0 Å². The number of hydrogen-bond acceptors (Lipinski definition) is 0. The topological polar surface area (TPSA) is 15.8 Å². The molecule has 3 aromatic rings. The molecular formula is C14H10BrN. The monoisotopic (exact) mass is 271 g/mol. The summed E-state index contributed by atoms with van der Waals surface area (Å²) in [5.41, 5.74) is 3.62.